The Labute approximate surface area is 146 Å². The first-order valence-electron chi connectivity index (χ1n) is 6.92. The second-order valence-corrected chi connectivity index (χ2v) is 9.20. The molecule has 0 bridgehead atoms. The topological polar surface area (TPSA) is 77.5 Å². The zero-order valence-corrected chi connectivity index (χ0v) is 15.1. The van der Waals surface area contributed by atoms with Gasteiger partial charge in [-0.15, -0.1) is 0 Å². The smallest absolute Gasteiger partial charge is 0.221 e. The van der Waals surface area contributed by atoms with E-state index in [1.165, 1.54) is 48.5 Å². The molecule has 0 N–H and O–H groups in total. The van der Waals surface area contributed by atoms with Crippen LogP contribution in [0.4, 0.5) is 0 Å². The Balaban J connectivity index is 2.66. The molecule has 2 rings (SSSR count). The predicted octanol–water partition coefficient (Wildman–Crippen LogP) is 3.42. The minimum Gasteiger partial charge on any atom is -0.499 e. The van der Waals surface area contributed by atoms with Crippen LogP contribution >= 0.6 is 11.6 Å². The van der Waals surface area contributed by atoms with Gasteiger partial charge in [-0.3, -0.25) is 0 Å². The lowest BCUT2D eigenvalue weighted by Gasteiger charge is -2.11. The summed E-state index contributed by atoms with van der Waals surface area (Å²) in [5.41, 5.74) is 0. The van der Waals surface area contributed by atoms with Crippen LogP contribution in [0.2, 0.25) is 5.02 Å². The summed E-state index contributed by atoms with van der Waals surface area (Å²) in [5.74, 6) is 0. The van der Waals surface area contributed by atoms with Crippen molar-refractivity contribution in [2.75, 3.05) is 6.61 Å². The molecule has 5 nitrogen and oxygen atoms in total. The average Bonchev–Trinajstić information content (AvgIpc) is 2.55. The van der Waals surface area contributed by atoms with E-state index in [-0.39, 0.29) is 21.4 Å². The Morgan fingerprint density at radius 3 is 2.12 bits per heavy atom. The minimum absolute atomic E-state index is 0.124. The summed E-state index contributed by atoms with van der Waals surface area (Å²) in [4.78, 5) is -0.359. The van der Waals surface area contributed by atoms with Gasteiger partial charge in [-0.2, -0.15) is 0 Å². The molecular weight excluding hydrogens is 372 g/mol. The highest BCUT2D eigenvalue weighted by atomic mass is 35.5. The van der Waals surface area contributed by atoms with Crippen LogP contribution in [-0.4, -0.2) is 23.4 Å². The highest BCUT2D eigenvalue weighted by Gasteiger charge is 2.34. The van der Waals surface area contributed by atoms with Gasteiger partial charge < -0.3 is 4.74 Å². The van der Waals surface area contributed by atoms with Gasteiger partial charge in [-0.05, 0) is 37.3 Å². The van der Waals surface area contributed by atoms with E-state index in [1.54, 1.807) is 13.0 Å². The van der Waals surface area contributed by atoms with E-state index in [2.05, 4.69) is 0 Å². The second kappa shape index (κ2) is 7.38. The van der Waals surface area contributed by atoms with Gasteiger partial charge in [0.2, 0.25) is 23.9 Å². The molecule has 0 spiro atoms. The van der Waals surface area contributed by atoms with Crippen LogP contribution in [0.5, 0.6) is 0 Å². The summed E-state index contributed by atoms with van der Waals surface area (Å²) in [6.07, 6.45) is 0.762. The summed E-state index contributed by atoms with van der Waals surface area (Å²) in [7, 11) is -8.62. The Kier molecular flexibility index (Phi) is 5.69. The molecule has 0 fully saturated rings. The maximum Gasteiger partial charge on any atom is 0.221 e. The fourth-order valence-electron chi connectivity index (χ4n) is 1.89. The summed E-state index contributed by atoms with van der Waals surface area (Å²) >= 11 is 5.83. The number of ether oxygens (including phenoxy) is 1. The highest BCUT2D eigenvalue weighted by molar-refractivity contribution is 8.14. The van der Waals surface area contributed by atoms with E-state index < -0.39 is 23.9 Å². The molecule has 2 aromatic carbocycles. The molecule has 0 aliphatic rings. The summed E-state index contributed by atoms with van der Waals surface area (Å²) < 4.78 is 55.4. The van der Waals surface area contributed by atoms with Gasteiger partial charge in [-0.1, -0.05) is 35.9 Å². The SMILES string of the molecule is CCO/C=C(\S(=O)(=O)c1ccccc1)S(=O)(=O)c1cccc(Cl)c1. The first-order valence-corrected chi connectivity index (χ1v) is 10.3. The maximum atomic E-state index is 12.8. The van der Waals surface area contributed by atoms with E-state index in [4.69, 9.17) is 16.3 Å². The van der Waals surface area contributed by atoms with Gasteiger partial charge in [-0.25, -0.2) is 16.8 Å². The summed E-state index contributed by atoms with van der Waals surface area (Å²) in [6.45, 7) is 1.74. The molecule has 0 radical (unpaired) electrons. The van der Waals surface area contributed by atoms with Crippen molar-refractivity contribution in [3.8, 4) is 0 Å². The Morgan fingerprint density at radius 1 is 0.958 bits per heavy atom. The Bertz CT molecular complexity index is 949. The lowest BCUT2D eigenvalue weighted by atomic mass is 10.4. The first-order chi connectivity index (χ1) is 11.3. The molecule has 24 heavy (non-hydrogen) atoms. The molecule has 0 unspecified atom stereocenters. The average molecular weight is 387 g/mol. The van der Waals surface area contributed by atoms with Gasteiger partial charge in [0.15, 0.2) is 0 Å². The van der Waals surface area contributed by atoms with Crippen LogP contribution in [0, 0.1) is 0 Å². The van der Waals surface area contributed by atoms with Gasteiger partial charge in [0.05, 0.1) is 16.4 Å². The first kappa shape index (κ1) is 18.5. The number of sulfone groups is 2. The molecular formula is C16H15ClO5S2. The van der Waals surface area contributed by atoms with Gasteiger partial charge in [0.1, 0.15) is 6.26 Å². The lowest BCUT2D eigenvalue weighted by molar-refractivity contribution is 0.269. The van der Waals surface area contributed by atoms with Gasteiger partial charge >= 0.3 is 0 Å². The second-order valence-electron chi connectivity index (χ2n) is 4.67. The zero-order chi connectivity index (χ0) is 17.8. The van der Waals surface area contributed by atoms with Crippen LogP contribution in [0.3, 0.4) is 0 Å². The Hall–Kier alpha value is -1.83. The standard InChI is InChI=1S/C16H15ClO5S2/c1-2-22-12-16(23(18,19)14-8-4-3-5-9-14)24(20,21)15-10-6-7-13(17)11-15/h3-12H,2H2,1H3/b16-12+. The van der Waals surface area contributed by atoms with E-state index >= 15 is 0 Å². The minimum atomic E-state index is -4.34. The maximum absolute atomic E-state index is 12.8. The molecule has 0 saturated carbocycles. The Morgan fingerprint density at radius 2 is 1.54 bits per heavy atom. The van der Waals surface area contributed by atoms with Crippen molar-refractivity contribution in [2.45, 2.75) is 16.7 Å². The van der Waals surface area contributed by atoms with Crippen molar-refractivity contribution in [3.05, 3.63) is 70.1 Å². The summed E-state index contributed by atoms with van der Waals surface area (Å²) in [6, 6.07) is 12.7. The molecule has 0 atom stereocenters. The van der Waals surface area contributed by atoms with Crippen LogP contribution < -0.4 is 0 Å². The van der Waals surface area contributed by atoms with Crippen LogP contribution in [0.1, 0.15) is 6.92 Å². The van der Waals surface area contributed by atoms with Crippen LogP contribution in [-0.2, 0) is 24.4 Å². The van der Waals surface area contributed by atoms with Crippen molar-refractivity contribution in [1.29, 1.82) is 0 Å². The molecule has 0 heterocycles. The molecule has 8 heteroatoms. The van der Waals surface area contributed by atoms with E-state index in [0.29, 0.717) is 0 Å². The number of hydrogen-bond donors (Lipinski definition) is 0. The van der Waals surface area contributed by atoms with Crippen molar-refractivity contribution in [3.63, 3.8) is 0 Å². The number of benzene rings is 2. The highest BCUT2D eigenvalue weighted by Crippen LogP contribution is 2.30. The monoisotopic (exact) mass is 386 g/mol. The van der Waals surface area contributed by atoms with Crippen molar-refractivity contribution in [1.82, 2.24) is 0 Å². The van der Waals surface area contributed by atoms with Crippen molar-refractivity contribution < 1.29 is 21.6 Å². The van der Waals surface area contributed by atoms with Crippen molar-refractivity contribution in [2.24, 2.45) is 0 Å². The number of hydrogen-bond acceptors (Lipinski definition) is 5. The third-order valence-corrected chi connectivity index (χ3v) is 7.61. The van der Waals surface area contributed by atoms with E-state index in [1.807, 2.05) is 0 Å². The number of halogens is 1. The van der Waals surface area contributed by atoms with Gasteiger partial charge in [0, 0.05) is 5.02 Å². The fourth-order valence-corrected chi connectivity index (χ4v) is 5.79. The number of rotatable bonds is 6. The largest absolute Gasteiger partial charge is 0.499 e. The summed E-state index contributed by atoms with van der Waals surface area (Å²) in [5, 5.41) is 0.184. The molecule has 0 amide bonds. The predicted molar refractivity (Wildman–Crippen MR) is 92.0 cm³/mol. The third-order valence-electron chi connectivity index (χ3n) is 3.04. The normalized spacial score (nSPS) is 12.8. The lowest BCUT2D eigenvalue weighted by Crippen LogP contribution is -2.15. The quantitative estimate of drug-likeness (QED) is 0.711. The molecule has 0 saturated heterocycles. The fraction of sp³-hybridized carbons (Fsp3) is 0.125. The molecule has 0 aliphatic heterocycles. The van der Waals surface area contributed by atoms with Gasteiger partial charge in [0.25, 0.3) is 0 Å². The van der Waals surface area contributed by atoms with E-state index in [9.17, 15) is 16.8 Å². The molecule has 128 valence electrons. The van der Waals surface area contributed by atoms with E-state index in [0.717, 1.165) is 6.26 Å². The van der Waals surface area contributed by atoms with Crippen LogP contribution in [0.15, 0.2) is 74.9 Å². The molecule has 2 aromatic rings. The molecule has 0 aliphatic carbocycles. The van der Waals surface area contributed by atoms with Crippen molar-refractivity contribution >= 4 is 31.3 Å². The zero-order valence-electron chi connectivity index (χ0n) is 12.7. The molecule has 0 aromatic heterocycles. The van der Waals surface area contributed by atoms with Crippen LogP contribution in [0.25, 0.3) is 0 Å². The third kappa shape index (κ3) is 3.80.